The highest BCUT2D eigenvalue weighted by atomic mass is 16.6. The zero-order valence-electron chi connectivity index (χ0n) is 13.4. The summed E-state index contributed by atoms with van der Waals surface area (Å²) in [6.45, 7) is 12.2. The average Bonchev–Trinajstić information content (AvgIpc) is 2.74. The summed E-state index contributed by atoms with van der Waals surface area (Å²) in [5.74, 6) is -0.0876. The van der Waals surface area contributed by atoms with E-state index in [1.807, 2.05) is 0 Å². The van der Waals surface area contributed by atoms with Gasteiger partial charge in [-0.2, -0.15) is 0 Å². The Kier molecular flexibility index (Phi) is 3.66. The molecule has 120 valence electrons. The van der Waals surface area contributed by atoms with E-state index in [9.17, 15) is 9.59 Å². The van der Waals surface area contributed by atoms with Crippen molar-refractivity contribution in [3.05, 3.63) is 24.3 Å². The summed E-state index contributed by atoms with van der Waals surface area (Å²) < 4.78 is 11.0. The number of ether oxygens (including phenoxy) is 2. The Hall–Kier alpha value is -1.58. The van der Waals surface area contributed by atoms with Gasteiger partial charge in [-0.1, -0.05) is 27.0 Å². The van der Waals surface area contributed by atoms with Gasteiger partial charge in [-0.25, -0.2) is 4.79 Å². The van der Waals surface area contributed by atoms with Crippen molar-refractivity contribution in [1.82, 2.24) is 0 Å². The fourth-order valence-electron chi connectivity index (χ4n) is 4.41. The molecule has 0 aromatic heterocycles. The summed E-state index contributed by atoms with van der Waals surface area (Å²) in [6.07, 6.45) is 3.60. The van der Waals surface area contributed by atoms with Crippen LogP contribution >= 0.6 is 0 Å². The van der Waals surface area contributed by atoms with Crippen molar-refractivity contribution in [2.45, 2.75) is 58.2 Å². The second-order valence-electron chi connectivity index (χ2n) is 7.17. The van der Waals surface area contributed by atoms with Gasteiger partial charge >= 0.3 is 11.9 Å². The maximum Gasteiger partial charge on any atom is 0.334 e. The molecule has 0 spiro atoms. The van der Waals surface area contributed by atoms with Crippen LogP contribution in [0.2, 0.25) is 0 Å². The minimum atomic E-state index is -0.253. The number of rotatable bonds is 2. The van der Waals surface area contributed by atoms with E-state index in [4.69, 9.17) is 9.47 Å². The van der Waals surface area contributed by atoms with Crippen LogP contribution in [0, 0.1) is 17.3 Å². The second kappa shape index (κ2) is 5.25. The smallest absolute Gasteiger partial charge is 0.334 e. The number of carbonyl (C=O) groups excluding carboxylic acids is 2. The van der Waals surface area contributed by atoms with Gasteiger partial charge < -0.3 is 9.47 Å². The quantitative estimate of drug-likeness (QED) is 0.447. The zero-order chi connectivity index (χ0) is 16.1. The Morgan fingerprint density at radius 3 is 2.86 bits per heavy atom. The van der Waals surface area contributed by atoms with E-state index in [2.05, 4.69) is 20.1 Å². The summed E-state index contributed by atoms with van der Waals surface area (Å²) in [7, 11) is 0. The molecule has 0 aromatic carbocycles. The summed E-state index contributed by atoms with van der Waals surface area (Å²) in [5.41, 5.74) is 1.66. The predicted octanol–water partition coefficient (Wildman–Crippen LogP) is 3.17. The normalized spacial score (nSPS) is 40.7. The summed E-state index contributed by atoms with van der Waals surface area (Å²) in [5, 5.41) is 0. The first kappa shape index (κ1) is 15.3. The first-order valence-corrected chi connectivity index (χ1v) is 8.13. The third-order valence-electron chi connectivity index (χ3n) is 5.82. The standard InChI is InChI=1S/C18H24O4/c1-5-16(19)21-14-6-7-18(4)9-15-12(8-13(18)11(14)3)10(2)17(20)22-15/h12-15H,2-3,5-9H2,1,4H3/t12-,13+,14-,15-,18-/m1/s1. The van der Waals surface area contributed by atoms with Crippen LogP contribution in [0.4, 0.5) is 0 Å². The molecule has 4 nitrogen and oxygen atoms in total. The van der Waals surface area contributed by atoms with E-state index < -0.39 is 0 Å². The Balaban J connectivity index is 1.80. The van der Waals surface area contributed by atoms with Crippen molar-refractivity contribution in [2.75, 3.05) is 0 Å². The Bertz CT molecular complexity index is 549. The molecule has 0 bridgehead atoms. The molecule has 0 unspecified atom stereocenters. The molecule has 22 heavy (non-hydrogen) atoms. The number of hydrogen-bond donors (Lipinski definition) is 0. The Morgan fingerprint density at radius 1 is 1.45 bits per heavy atom. The lowest BCUT2D eigenvalue weighted by molar-refractivity contribution is -0.152. The van der Waals surface area contributed by atoms with Crippen LogP contribution in [-0.4, -0.2) is 24.1 Å². The maximum atomic E-state index is 11.8. The first-order valence-electron chi connectivity index (χ1n) is 8.13. The van der Waals surface area contributed by atoms with Crippen molar-refractivity contribution in [3.8, 4) is 0 Å². The van der Waals surface area contributed by atoms with Crippen LogP contribution in [0.15, 0.2) is 24.3 Å². The summed E-state index contributed by atoms with van der Waals surface area (Å²) >= 11 is 0. The van der Waals surface area contributed by atoms with Crippen LogP contribution in [0.5, 0.6) is 0 Å². The predicted molar refractivity (Wildman–Crippen MR) is 81.9 cm³/mol. The molecular formula is C18H24O4. The molecule has 2 aliphatic carbocycles. The Morgan fingerprint density at radius 2 is 2.18 bits per heavy atom. The molecule has 4 heteroatoms. The van der Waals surface area contributed by atoms with Crippen LogP contribution < -0.4 is 0 Å². The highest BCUT2D eigenvalue weighted by Gasteiger charge is 2.54. The molecule has 1 saturated heterocycles. The van der Waals surface area contributed by atoms with Crippen LogP contribution in [-0.2, 0) is 19.1 Å². The van der Waals surface area contributed by atoms with E-state index in [1.54, 1.807) is 6.92 Å². The van der Waals surface area contributed by atoms with Gasteiger partial charge in [0.05, 0.1) is 0 Å². The van der Waals surface area contributed by atoms with Crippen molar-refractivity contribution >= 4 is 11.9 Å². The minimum Gasteiger partial charge on any atom is -0.458 e. The largest absolute Gasteiger partial charge is 0.458 e. The maximum absolute atomic E-state index is 11.8. The van der Waals surface area contributed by atoms with E-state index >= 15 is 0 Å². The Labute approximate surface area is 131 Å². The van der Waals surface area contributed by atoms with E-state index in [-0.39, 0.29) is 41.4 Å². The molecule has 3 fully saturated rings. The second-order valence-corrected chi connectivity index (χ2v) is 7.17. The molecule has 0 radical (unpaired) electrons. The van der Waals surface area contributed by atoms with Crippen LogP contribution in [0.1, 0.15) is 46.0 Å². The molecule has 5 atom stereocenters. The number of fused-ring (bicyclic) bond motifs is 2. The third kappa shape index (κ3) is 2.29. The van der Waals surface area contributed by atoms with Crippen molar-refractivity contribution in [1.29, 1.82) is 0 Å². The lowest BCUT2D eigenvalue weighted by Crippen LogP contribution is -2.47. The molecule has 0 aromatic rings. The molecular weight excluding hydrogens is 280 g/mol. The van der Waals surface area contributed by atoms with Gasteiger partial charge in [-0.3, -0.25) is 4.79 Å². The van der Waals surface area contributed by atoms with Gasteiger partial charge in [0.1, 0.15) is 12.2 Å². The van der Waals surface area contributed by atoms with Gasteiger partial charge in [-0.15, -0.1) is 0 Å². The van der Waals surface area contributed by atoms with Crippen molar-refractivity contribution in [2.24, 2.45) is 17.3 Å². The number of hydrogen-bond acceptors (Lipinski definition) is 4. The van der Waals surface area contributed by atoms with Gasteiger partial charge in [-0.05, 0) is 42.6 Å². The van der Waals surface area contributed by atoms with Crippen molar-refractivity contribution in [3.63, 3.8) is 0 Å². The van der Waals surface area contributed by atoms with Gasteiger partial charge in [0.25, 0.3) is 0 Å². The molecule has 3 aliphatic rings. The van der Waals surface area contributed by atoms with Gasteiger partial charge in [0.15, 0.2) is 0 Å². The SMILES string of the molecule is C=C1C(=O)O[C@@H]2C[C@@]3(C)CC[C@@H](OC(=O)CC)C(=C)[C@@H]3C[C@H]12. The van der Waals surface area contributed by atoms with Crippen molar-refractivity contribution < 1.29 is 19.1 Å². The highest BCUT2D eigenvalue weighted by molar-refractivity contribution is 5.90. The molecule has 2 saturated carbocycles. The molecule has 1 heterocycles. The van der Waals surface area contributed by atoms with Crippen LogP contribution in [0.3, 0.4) is 0 Å². The average molecular weight is 304 g/mol. The molecule has 0 N–H and O–H groups in total. The third-order valence-corrected chi connectivity index (χ3v) is 5.82. The lowest BCUT2D eigenvalue weighted by atomic mass is 9.55. The highest BCUT2D eigenvalue weighted by Crippen LogP contribution is 2.57. The van der Waals surface area contributed by atoms with E-state index in [0.717, 1.165) is 31.3 Å². The fourth-order valence-corrected chi connectivity index (χ4v) is 4.41. The number of esters is 2. The zero-order valence-corrected chi connectivity index (χ0v) is 13.4. The van der Waals surface area contributed by atoms with Gasteiger partial charge in [0, 0.05) is 17.9 Å². The minimum absolute atomic E-state index is 0.0382. The lowest BCUT2D eigenvalue weighted by Gasteiger charge is -2.51. The van der Waals surface area contributed by atoms with E-state index in [0.29, 0.717) is 12.0 Å². The van der Waals surface area contributed by atoms with Crippen LogP contribution in [0.25, 0.3) is 0 Å². The summed E-state index contributed by atoms with van der Waals surface area (Å²) in [4.78, 5) is 23.4. The topological polar surface area (TPSA) is 52.6 Å². The molecule has 0 amide bonds. The van der Waals surface area contributed by atoms with Gasteiger partial charge in [0.2, 0.25) is 0 Å². The molecule has 3 rings (SSSR count). The first-order chi connectivity index (χ1) is 10.4. The van der Waals surface area contributed by atoms with E-state index in [1.165, 1.54) is 0 Å². The fraction of sp³-hybridized carbons (Fsp3) is 0.667. The monoisotopic (exact) mass is 304 g/mol. The summed E-state index contributed by atoms with van der Waals surface area (Å²) in [6, 6.07) is 0. The molecule has 1 aliphatic heterocycles. The number of carbonyl (C=O) groups is 2.